The van der Waals surface area contributed by atoms with Gasteiger partial charge in [-0.05, 0) is 43.5 Å². The minimum atomic E-state index is -0.355. The van der Waals surface area contributed by atoms with Crippen molar-refractivity contribution in [2.45, 2.75) is 25.3 Å². The summed E-state index contributed by atoms with van der Waals surface area (Å²) in [7, 11) is 1.60. The second-order valence-corrected chi connectivity index (χ2v) is 6.18. The van der Waals surface area contributed by atoms with Crippen LogP contribution in [-0.2, 0) is 9.53 Å². The van der Waals surface area contributed by atoms with Gasteiger partial charge in [0.2, 0.25) is 5.91 Å². The molecule has 2 saturated heterocycles. The monoisotopic (exact) mass is 332 g/mol. The predicted octanol–water partition coefficient (Wildman–Crippen LogP) is 1.55. The lowest BCUT2D eigenvalue weighted by atomic mass is 9.99. The molecule has 2 heterocycles. The molecule has 0 saturated carbocycles. The van der Waals surface area contributed by atoms with Gasteiger partial charge < -0.3 is 19.3 Å². The molecule has 3 rings (SSSR count). The van der Waals surface area contributed by atoms with E-state index in [0.29, 0.717) is 44.2 Å². The summed E-state index contributed by atoms with van der Waals surface area (Å²) in [5.41, 5.74) is 0.595. The topological polar surface area (TPSA) is 59.1 Å². The molecule has 0 unspecified atom stereocenters. The van der Waals surface area contributed by atoms with Gasteiger partial charge >= 0.3 is 0 Å². The number of likely N-dealkylation sites (tertiary alicyclic amines) is 1. The summed E-state index contributed by atoms with van der Waals surface area (Å²) in [6.45, 7) is 3.00. The summed E-state index contributed by atoms with van der Waals surface area (Å²) in [6, 6.07) is 6.70. The summed E-state index contributed by atoms with van der Waals surface area (Å²) in [5, 5.41) is 0. The quantitative estimate of drug-likeness (QED) is 0.843. The number of carbonyl (C=O) groups excluding carboxylic acids is 2. The Bertz CT molecular complexity index is 581. The van der Waals surface area contributed by atoms with E-state index in [1.54, 1.807) is 36.3 Å². The number of benzene rings is 1. The average Bonchev–Trinajstić information content (AvgIpc) is 2.67. The van der Waals surface area contributed by atoms with Gasteiger partial charge in [-0.2, -0.15) is 0 Å². The molecule has 24 heavy (non-hydrogen) atoms. The highest BCUT2D eigenvalue weighted by Gasteiger charge is 2.35. The second-order valence-electron chi connectivity index (χ2n) is 6.18. The Morgan fingerprint density at radius 3 is 2.46 bits per heavy atom. The third-order valence-corrected chi connectivity index (χ3v) is 4.71. The van der Waals surface area contributed by atoms with Crippen LogP contribution < -0.4 is 4.74 Å². The lowest BCUT2D eigenvalue weighted by molar-refractivity contribution is -0.141. The van der Waals surface area contributed by atoms with E-state index in [-0.39, 0.29) is 17.9 Å². The molecule has 0 aromatic heterocycles. The highest BCUT2D eigenvalue weighted by atomic mass is 16.5. The first kappa shape index (κ1) is 16.8. The Balaban J connectivity index is 1.75. The molecule has 130 valence electrons. The third-order valence-electron chi connectivity index (χ3n) is 4.71. The Morgan fingerprint density at radius 2 is 1.79 bits per heavy atom. The first-order valence-electron chi connectivity index (χ1n) is 8.52. The highest BCUT2D eigenvalue weighted by Crippen LogP contribution is 2.23. The largest absolute Gasteiger partial charge is 0.497 e. The van der Waals surface area contributed by atoms with Gasteiger partial charge in [0.05, 0.1) is 20.3 Å². The van der Waals surface area contributed by atoms with Crippen LogP contribution in [-0.4, -0.2) is 67.6 Å². The van der Waals surface area contributed by atoms with Crippen molar-refractivity contribution >= 4 is 11.8 Å². The molecule has 2 amide bonds. The molecule has 6 heteroatoms. The van der Waals surface area contributed by atoms with Crippen LogP contribution in [0.15, 0.2) is 24.3 Å². The van der Waals surface area contributed by atoms with Crippen LogP contribution in [0.4, 0.5) is 0 Å². The molecule has 6 nitrogen and oxygen atoms in total. The highest BCUT2D eigenvalue weighted by molar-refractivity contribution is 5.97. The number of rotatable bonds is 3. The summed E-state index contributed by atoms with van der Waals surface area (Å²) in [4.78, 5) is 29.3. The number of carbonyl (C=O) groups is 2. The van der Waals surface area contributed by atoms with Gasteiger partial charge in [-0.15, -0.1) is 0 Å². The number of nitrogens with zero attached hydrogens (tertiary/aromatic N) is 2. The van der Waals surface area contributed by atoms with E-state index in [9.17, 15) is 9.59 Å². The van der Waals surface area contributed by atoms with E-state index >= 15 is 0 Å². The van der Waals surface area contributed by atoms with Crippen LogP contribution in [0.5, 0.6) is 5.75 Å². The maximum absolute atomic E-state index is 12.9. The summed E-state index contributed by atoms with van der Waals surface area (Å²) >= 11 is 0. The second kappa shape index (κ2) is 7.66. The number of methoxy groups -OCH3 is 1. The number of hydrogen-bond donors (Lipinski definition) is 0. The standard InChI is InChI=1S/C18H24N2O4/c1-23-15-7-5-14(6-8-15)17(21)20-9-3-2-4-16(20)18(22)19-10-12-24-13-11-19/h5-8,16H,2-4,9-13H2,1H3/t16-/m1/s1. The molecular formula is C18H24N2O4. The van der Waals surface area contributed by atoms with E-state index in [1.807, 2.05) is 4.90 Å². The van der Waals surface area contributed by atoms with Gasteiger partial charge in [-0.3, -0.25) is 9.59 Å². The smallest absolute Gasteiger partial charge is 0.254 e. The van der Waals surface area contributed by atoms with Crippen molar-refractivity contribution in [1.29, 1.82) is 0 Å². The lowest BCUT2D eigenvalue weighted by Crippen LogP contribution is -2.55. The number of piperidine rings is 1. The van der Waals surface area contributed by atoms with E-state index in [4.69, 9.17) is 9.47 Å². The van der Waals surface area contributed by atoms with Crippen molar-refractivity contribution in [3.8, 4) is 5.75 Å². The molecule has 0 aliphatic carbocycles. The van der Waals surface area contributed by atoms with E-state index in [0.717, 1.165) is 19.3 Å². The lowest BCUT2D eigenvalue weighted by Gasteiger charge is -2.38. The molecule has 2 fully saturated rings. The van der Waals surface area contributed by atoms with Crippen LogP contribution in [0.2, 0.25) is 0 Å². The molecular weight excluding hydrogens is 308 g/mol. The minimum Gasteiger partial charge on any atom is -0.497 e. The van der Waals surface area contributed by atoms with Crippen LogP contribution in [0, 0.1) is 0 Å². The molecule has 1 aromatic rings. The summed E-state index contributed by atoms with van der Waals surface area (Å²) in [5.74, 6) is 0.690. The van der Waals surface area contributed by atoms with Crippen LogP contribution in [0.3, 0.4) is 0 Å². The predicted molar refractivity (Wildman–Crippen MR) is 89.1 cm³/mol. The average molecular weight is 332 g/mol. The van der Waals surface area contributed by atoms with Crippen LogP contribution in [0.1, 0.15) is 29.6 Å². The Morgan fingerprint density at radius 1 is 1.08 bits per heavy atom. The molecule has 2 aliphatic heterocycles. The first-order chi connectivity index (χ1) is 11.7. The maximum Gasteiger partial charge on any atom is 0.254 e. The third kappa shape index (κ3) is 3.53. The zero-order valence-electron chi connectivity index (χ0n) is 14.1. The minimum absolute atomic E-state index is 0.0554. The normalized spacial score (nSPS) is 21.5. The number of ether oxygens (including phenoxy) is 2. The molecule has 2 aliphatic rings. The van der Waals surface area contributed by atoms with Crippen molar-refractivity contribution < 1.29 is 19.1 Å². The molecule has 0 spiro atoms. The SMILES string of the molecule is COc1ccc(C(=O)N2CCCC[C@@H]2C(=O)N2CCOCC2)cc1. The Kier molecular flexibility index (Phi) is 5.35. The van der Waals surface area contributed by atoms with Crippen molar-refractivity contribution in [1.82, 2.24) is 9.80 Å². The fraction of sp³-hybridized carbons (Fsp3) is 0.556. The van der Waals surface area contributed by atoms with E-state index in [2.05, 4.69) is 0 Å². The Labute approximate surface area is 142 Å². The zero-order valence-corrected chi connectivity index (χ0v) is 14.1. The number of hydrogen-bond acceptors (Lipinski definition) is 4. The maximum atomic E-state index is 12.9. The van der Waals surface area contributed by atoms with Gasteiger partial charge in [0.15, 0.2) is 0 Å². The zero-order chi connectivity index (χ0) is 16.9. The van der Waals surface area contributed by atoms with Gasteiger partial charge in [0.1, 0.15) is 11.8 Å². The van der Waals surface area contributed by atoms with E-state index in [1.165, 1.54) is 0 Å². The summed E-state index contributed by atoms with van der Waals surface area (Å²) < 4.78 is 10.5. The van der Waals surface area contributed by atoms with Gasteiger partial charge in [-0.25, -0.2) is 0 Å². The van der Waals surface area contributed by atoms with Crippen LogP contribution >= 0.6 is 0 Å². The molecule has 0 radical (unpaired) electrons. The Hall–Kier alpha value is -2.08. The summed E-state index contributed by atoms with van der Waals surface area (Å²) in [6.07, 6.45) is 2.65. The molecule has 1 aromatic carbocycles. The van der Waals surface area contributed by atoms with E-state index < -0.39 is 0 Å². The van der Waals surface area contributed by atoms with Gasteiger partial charge in [0, 0.05) is 25.2 Å². The number of morpholine rings is 1. The van der Waals surface area contributed by atoms with Crippen molar-refractivity contribution in [3.63, 3.8) is 0 Å². The van der Waals surface area contributed by atoms with Crippen LogP contribution in [0.25, 0.3) is 0 Å². The fourth-order valence-electron chi connectivity index (χ4n) is 3.33. The van der Waals surface area contributed by atoms with Crippen molar-refractivity contribution in [3.05, 3.63) is 29.8 Å². The van der Waals surface area contributed by atoms with Gasteiger partial charge in [-0.1, -0.05) is 0 Å². The fourth-order valence-corrected chi connectivity index (χ4v) is 3.33. The molecule has 0 N–H and O–H groups in total. The first-order valence-corrected chi connectivity index (χ1v) is 8.52. The molecule has 1 atom stereocenters. The number of amides is 2. The van der Waals surface area contributed by atoms with Gasteiger partial charge in [0.25, 0.3) is 5.91 Å². The molecule has 0 bridgehead atoms. The van der Waals surface area contributed by atoms with Crippen molar-refractivity contribution in [2.75, 3.05) is 40.0 Å². The van der Waals surface area contributed by atoms with Crippen molar-refractivity contribution in [2.24, 2.45) is 0 Å².